The van der Waals surface area contributed by atoms with E-state index in [1.54, 1.807) is 6.07 Å². The Bertz CT molecular complexity index is 804. The lowest BCUT2D eigenvalue weighted by Gasteiger charge is -2.44. The molecule has 0 radical (unpaired) electrons. The van der Waals surface area contributed by atoms with E-state index in [1.807, 2.05) is 24.3 Å². The summed E-state index contributed by atoms with van der Waals surface area (Å²) in [7, 11) is 0. The van der Waals surface area contributed by atoms with Crippen LogP contribution in [-0.4, -0.2) is 42.3 Å². The molecular weight excluding hydrogens is 415 g/mol. The van der Waals surface area contributed by atoms with Gasteiger partial charge in [0, 0.05) is 36.2 Å². The van der Waals surface area contributed by atoms with E-state index < -0.39 is 0 Å². The minimum atomic E-state index is -0.385. The van der Waals surface area contributed by atoms with Crippen molar-refractivity contribution >= 4 is 40.5 Å². The summed E-state index contributed by atoms with van der Waals surface area (Å²) in [5.74, 6) is 0. The summed E-state index contributed by atoms with van der Waals surface area (Å²) in [4.78, 5) is 4.65. The lowest BCUT2D eigenvalue weighted by molar-refractivity contribution is 0.0232. The molecule has 0 saturated carbocycles. The van der Waals surface area contributed by atoms with Gasteiger partial charge < -0.3 is 10.0 Å². The molecule has 0 bridgehead atoms. The summed E-state index contributed by atoms with van der Waals surface area (Å²) in [6, 6.07) is 13.7. The normalized spacial score (nSPS) is 19.7. The van der Waals surface area contributed by atoms with Gasteiger partial charge in [-0.1, -0.05) is 67.7 Å². The third kappa shape index (κ3) is 5.14. The first-order valence-corrected chi connectivity index (χ1v) is 10.7. The Labute approximate surface area is 182 Å². The highest BCUT2D eigenvalue weighted by Crippen LogP contribution is 2.37. The number of aliphatic hydroxyl groups excluding tert-OH is 1. The van der Waals surface area contributed by atoms with Crippen molar-refractivity contribution in [3.63, 3.8) is 0 Å². The number of halogens is 3. The number of hydrogen-bond donors (Lipinski definition) is 1. The Hall–Kier alpha value is -0.970. The zero-order valence-electron chi connectivity index (χ0n) is 16.5. The Kier molecular flexibility index (Phi) is 6.84. The van der Waals surface area contributed by atoms with Crippen LogP contribution in [-0.2, 0) is 0 Å². The minimum Gasteiger partial charge on any atom is -0.391 e. The first kappa shape index (κ1) is 21.7. The summed E-state index contributed by atoms with van der Waals surface area (Å²) in [6.07, 6.45) is -0.385. The average Bonchev–Trinajstić information content (AvgIpc) is 2.62. The van der Waals surface area contributed by atoms with Crippen molar-refractivity contribution in [2.45, 2.75) is 32.9 Å². The van der Waals surface area contributed by atoms with E-state index in [4.69, 9.17) is 34.8 Å². The van der Waals surface area contributed by atoms with Gasteiger partial charge >= 0.3 is 0 Å². The fraction of sp³-hybridized carbons (Fsp3) is 0.455. The molecule has 152 valence electrons. The third-order valence-electron chi connectivity index (χ3n) is 5.37. The molecule has 6 heteroatoms. The van der Waals surface area contributed by atoms with Gasteiger partial charge in [-0.05, 0) is 41.3 Å². The summed E-state index contributed by atoms with van der Waals surface area (Å²) >= 11 is 18.7. The fourth-order valence-electron chi connectivity index (χ4n) is 3.50. The van der Waals surface area contributed by atoms with Gasteiger partial charge in [0.15, 0.2) is 0 Å². The van der Waals surface area contributed by atoms with Gasteiger partial charge in [-0.3, -0.25) is 4.90 Å². The first-order chi connectivity index (χ1) is 13.1. The third-order valence-corrected chi connectivity index (χ3v) is 6.16. The molecule has 0 amide bonds. The van der Waals surface area contributed by atoms with E-state index in [2.05, 4.69) is 42.7 Å². The van der Waals surface area contributed by atoms with Crippen molar-refractivity contribution in [3.05, 3.63) is 63.1 Å². The Balaban J connectivity index is 1.89. The molecule has 28 heavy (non-hydrogen) atoms. The Morgan fingerprint density at radius 3 is 2.25 bits per heavy atom. The van der Waals surface area contributed by atoms with Gasteiger partial charge in [-0.15, -0.1) is 0 Å². The largest absolute Gasteiger partial charge is 0.391 e. The van der Waals surface area contributed by atoms with Gasteiger partial charge in [0.1, 0.15) is 0 Å². The molecule has 1 heterocycles. The standard InChI is InChI=1S/C22H27Cl3N2O/c1-22(2,3)21(28)14-26-10-11-27(19-9-8-17(24)12-18(19)25)20(13-26)15-4-6-16(23)7-5-15/h4-9,12,20-21,28H,10-11,13-14H2,1-3H3/t20-,21?/m0/s1. The predicted octanol–water partition coefficient (Wildman–Crippen LogP) is 5.92. The Morgan fingerprint density at radius 1 is 1.00 bits per heavy atom. The molecule has 2 atom stereocenters. The second kappa shape index (κ2) is 8.81. The highest BCUT2D eigenvalue weighted by molar-refractivity contribution is 6.36. The molecule has 2 aromatic carbocycles. The van der Waals surface area contributed by atoms with E-state index in [0.29, 0.717) is 16.6 Å². The van der Waals surface area contributed by atoms with E-state index in [1.165, 1.54) is 5.56 Å². The van der Waals surface area contributed by atoms with Crippen molar-refractivity contribution in [2.75, 3.05) is 31.1 Å². The van der Waals surface area contributed by atoms with Crippen molar-refractivity contribution in [1.29, 1.82) is 0 Å². The van der Waals surface area contributed by atoms with Crippen LogP contribution in [0, 0.1) is 5.41 Å². The zero-order valence-corrected chi connectivity index (χ0v) is 18.8. The minimum absolute atomic E-state index is 0.108. The van der Waals surface area contributed by atoms with E-state index in [0.717, 1.165) is 30.3 Å². The lowest BCUT2D eigenvalue weighted by Crippen LogP contribution is -2.51. The summed E-state index contributed by atoms with van der Waals surface area (Å²) in [6.45, 7) is 9.32. The van der Waals surface area contributed by atoms with Gasteiger partial charge in [0.05, 0.1) is 22.9 Å². The van der Waals surface area contributed by atoms with Crippen molar-refractivity contribution < 1.29 is 5.11 Å². The molecule has 0 aliphatic carbocycles. The molecular formula is C22H27Cl3N2O. The maximum Gasteiger partial charge on any atom is 0.0715 e. The maximum absolute atomic E-state index is 10.6. The molecule has 3 rings (SSSR count). The molecule has 1 saturated heterocycles. The SMILES string of the molecule is CC(C)(C)C(O)CN1CCN(c2ccc(Cl)cc2Cl)[C@H](c2ccc(Cl)cc2)C1. The number of rotatable bonds is 4. The monoisotopic (exact) mass is 440 g/mol. The molecule has 2 aromatic rings. The van der Waals surface area contributed by atoms with Gasteiger partial charge in [0.2, 0.25) is 0 Å². The number of piperazine rings is 1. The molecule has 1 aliphatic heterocycles. The smallest absolute Gasteiger partial charge is 0.0715 e. The number of anilines is 1. The summed E-state index contributed by atoms with van der Waals surface area (Å²) in [5, 5.41) is 12.6. The zero-order chi connectivity index (χ0) is 20.5. The quantitative estimate of drug-likeness (QED) is 0.638. The number of benzene rings is 2. The molecule has 1 N–H and O–H groups in total. The van der Waals surface area contributed by atoms with E-state index >= 15 is 0 Å². The number of nitrogens with zero attached hydrogens (tertiary/aromatic N) is 2. The van der Waals surface area contributed by atoms with Crippen LogP contribution in [0.25, 0.3) is 0 Å². The fourth-order valence-corrected chi connectivity index (χ4v) is 4.14. The van der Waals surface area contributed by atoms with Crippen molar-refractivity contribution in [3.8, 4) is 0 Å². The summed E-state index contributed by atoms with van der Waals surface area (Å²) in [5.41, 5.74) is 2.00. The van der Waals surface area contributed by atoms with Crippen LogP contribution >= 0.6 is 34.8 Å². The van der Waals surface area contributed by atoms with Crippen LogP contribution in [0.2, 0.25) is 15.1 Å². The van der Waals surface area contributed by atoms with E-state index in [9.17, 15) is 5.11 Å². The highest BCUT2D eigenvalue weighted by atomic mass is 35.5. The van der Waals surface area contributed by atoms with Crippen LogP contribution in [0.4, 0.5) is 5.69 Å². The topological polar surface area (TPSA) is 26.7 Å². The number of β-amino-alcohol motifs (C(OH)–C–C–N with tert-alkyl or cyclic N) is 1. The van der Waals surface area contributed by atoms with Crippen molar-refractivity contribution in [1.82, 2.24) is 4.90 Å². The molecule has 1 unspecified atom stereocenters. The van der Waals surface area contributed by atoms with Gasteiger partial charge in [-0.2, -0.15) is 0 Å². The summed E-state index contributed by atoms with van der Waals surface area (Å²) < 4.78 is 0. The second-order valence-corrected chi connectivity index (χ2v) is 9.78. The predicted molar refractivity (Wildman–Crippen MR) is 120 cm³/mol. The molecule has 0 aromatic heterocycles. The van der Waals surface area contributed by atoms with Crippen molar-refractivity contribution in [2.24, 2.45) is 5.41 Å². The van der Waals surface area contributed by atoms with Gasteiger partial charge in [0.25, 0.3) is 0 Å². The molecule has 3 nitrogen and oxygen atoms in total. The Morgan fingerprint density at radius 2 is 1.64 bits per heavy atom. The number of hydrogen-bond acceptors (Lipinski definition) is 3. The molecule has 1 fully saturated rings. The van der Waals surface area contributed by atoms with Crippen LogP contribution in [0.5, 0.6) is 0 Å². The maximum atomic E-state index is 10.6. The molecule has 1 aliphatic rings. The molecule has 0 spiro atoms. The van der Waals surface area contributed by atoms with E-state index in [-0.39, 0.29) is 17.6 Å². The first-order valence-electron chi connectivity index (χ1n) is 9.53. The average molecular weight is 442 g/mol. The number of aliphatic hydroxyl groups is 1. The van der Waals surface area contributed by atoms with Crippen LogP contribution in [0.15, 0.2) is 42.5 Å². The second-order valence-electron chi connectivity index (χ2n) is 8.50. The lowest BCUT2D eigenvalue weighted by atomic mass is 9.88. The van der Waals surface area contributed by atoms with Gasteiger partial charge in [-0.25, -0.2) is 0 Å². The van der Waals surface area contributed by atoms with Crippen LogP contribution in [0.3, 0.4) is 0 Å². The van der Waals surface area contributed by atoms with Crippen LogP contribution in [0.1, 0.15) is 32.4 Å². The van der Waals surface area contributed by atoms with Crippen LogP contribution < -0.4 is 4.90 Å². The highest BCUT2D eigenvalue weighted by Gasteiger charge is 2.32.